The number of rotatable bonds is 2. The van der Waals surface area contributed by atoms with Gasteiger partial charge in [-0.05, 0) is 31.5 Å². The third kappa shape index (κ3) is 2.47. The predicted octanol–water partition coefficient (Wildman–Crippen LogP) is 2.81. The lowest BCUT2D eigenvalue weighted by atomic mass is 10.2. The highest BCUT2D eigenvalue weighted by Gasteiger charge is 2.31. The second-order valence-electron chi connectivity index (χ2n) is 4.41. The first-order valence-corrected chi connectivity index (χ1v) is 6.04. The number of methoxy groups -OCH3 is 1. The fraction of sp³-hybridized carbons (Fsp3) is 0.500. The van der Waals surface area contributed by atoms with Gasteiger partial charge in [0.2, 0.25) is 0 Å². The summed E-state index contributed by atoms with van der Waals surface area (Å²) in [6, 6.07) is 8.29. The van der Waals surface area contributed by atoms with Crippen molar-refractivity contribution in [1.82, 2.24) is 5.32 Å². The molecule has 1 atom stereocenters. The summed E-state index contributed by atoms with van der Waals surface area (Å²) in [4.78, 5) is 0. The van der Waals surface area contributed by atoms with Gasteiger partial charge in [0.25, 0.3) is 0 Å². The molecule has 0 amide bonds. The molecule has 0 aliphatic carbocycles. The lowest BCUT2D eigenvalue weighted by Crippen LogP contribution is -2.21. The van der Waals surface area contributed by atoms with Gasteiger partial charge in [0, 0.05) is 11.3 Å². The first-order valence-electron chi connectivity index (χ1n) is 5.16. The van der Waals surface area contributed by atoms with Crippen molar-refractivity contribution in [2.24, 2.45) is 0 Å². The van der Waals surface area contributed by atoms with Crippen LogP contribution < -0.4 is 10.1 Å². The highest BCUT2D eigenvalue weighted by molar-refractivity contribution is 8.01. The molecular formula is C12H17NOS. The second kappa shape index (κ2) is 4.06. The third-order valence-electron chi connectivity index (χ3n) is 2.57. The summed E-state index contributed by atoms with van der Waals surface area (Å²) < 4.78 is 5.48. The van der Waals surface area contributed by atoms with E-state index < -0.39 is 0 Å². The van der Waals surface area contributed by atoms with Crippen LogP contribution in [0.15, 0.2) is 24.3 Å². The molecule has 82 valence electrons. The Morgan fingerprint density at radius 1 is 1.33 bits per heavy atom. The van der Waals surface area contributed by atoms with E-state index >= 15 is 0 Å². The van der Waals surface area contributed by atoms with Crippen LogP contribution in [0.25, 0.3) is 0 Å². The lowest BCUT2D eigenvalue weighted by molar-refractivity contribution is 0.414. The topological polar surface area (TPSA) is 21.3 Å². The van der Waals surface area contributed by atoms with Crippen LogP contribution in [-0.2, 0) is 0 Å². The zero-order valence-corrected chi connectivity index (χ0v) is 10.2. The number of ether oxygens (including phenoxy) is 1. The molecule has 1 unspecified atom stereocenters. The summed E-state index contributed by atoms with van der Waals surface area (Å²) in [5.41, 5.74) is 1.33. The van der Waals surface area contributed by atoms with Crippen LogP contribution in [0.3, 0.4) is 0 Å². The maximum atomic E-state index is 5.15. The van der Waals surface area contributed by atoms with Crippen LogP contribution >= 0.6 is 11.8 Å². The van der Waals surface area contributed by atoms with Gasteiger partial charge in [-0.15, -0.1) is 11.8 Å². The van der Waals surface area contributed by atoms with Crippen molar-refractivity contribution < 1.29 is 4.74 Å². The fourth-order valence-electron chi connectivity index (χ4n) is 1.71. The van der Waals surface area contributed by atoms with E-state index in [2.05, 4.69) is 31.3 Å². The van der Waals surface area contributed by atoms with Crippen molar-refractivity contribution in [2.75, 3.05) is 13.7 Å². The van der Waals surface area contributed by atoms with E-state index in [1.165, 1.54) is 5.56 Å². The highest BCUT2D eigenvalue weighted by atomic mass is 32.2. The van der Waals surface area contributed by atoms with Gasteiger partial charge < -0.3 is 10.1 Å². The molecule has 1 aliphatic rings. The van der Waals surface area contributed by atoms with Crippen LogP contribution in [0.1, 0.15) is 24.8 Å². The van der Waals surface area contributed by atoms with Gasteiger partial charge in [-0.25, -0.2) is 0 Å². The summed E-state index contributed by atoms with van der Waals surface area (Å²) in [7, 11) is 1.70. The minimum atomic E-state index is 0.338. The largest absolute Gasteiger partial charge is 0.497 e. The zero-order valence-electron chi connectivity index (χ0n) is 9.41. The van der Waals surface area contributed by atoms with Crippen LogP contribution in [0.2, 0.25) is 0 Å². The molecule has 0 spiro atoms. The monoisotopic (exact) mass is 223 g/mol. The van der Waals surface area contributed by atoms with E-state index in [9.17, 15) is 0 Å². The van der Waals surface area contributed by atoms with E-state index in [1.807, 2.05) is 23.9 Å². The average Bonchev–Trinajstić information content (AvgIpc) is 2.59. The van der Waals surface area contributed by atoms with E-state index in [0.29, 0.717) is 10.1 Å². The standard InChI is InChI=1S/C12H17NOS/c1-12(2)8-13-11(15-12)9-4-6-10(14-3)7-5-9/h4-7,11,13H,8H2,1-3H3. The first-order chi connectivity index (χ1) is 7.11. The van der Waals surface area contributed by atoms with Crippen LogP contribution in [0.4, 0.5) is 0 Å². The summed E-state index contributed by atoms with van der Waals surface area (Å²) in [5.74, 6) is 0.918. The second-order valence-corrected chi connectivity index (χ2v) is 6.22. The summed E-state index contributed by atoms with van der Waals surface area (Å²) in [5, 5.41) is 3.94. The average molecular weight is 223 g/mol. The molecule has 3 heteroatoms. The molecule has 0 radical (unpaired) electrons. The van der Waals surface area contributed by atoms with Crippen molar-refractivity contribution >= 4 is 11.8 Å². The Labute approximate surface area is 95.4 Å². The Morgan fingerprint density at radius 2 is 2.00 bits per heavy atom. The smallest absolute Gasteiger partial charge is 0.118 e. The van der Waals surface area contributed by atoms with Gasteiger partial charge in [0.1, 0.15) is 5.75 Å². The van der Waals surface area contributed by atoms with Crippen molar-refractivity contribution in [3.05, 3.63) is 29.8 Å². The molecule has 15 heavy (non-hydrogen) atoms. The fourth-order valence-corrected chi connectivity index (χ4v) is 2.97. The number of hydrogen-bond acceptors (Lipinski definition) is 3. The van der Waals surface area contributed by atoms with Crippen molar-refractivity contribution in [3.63, 3.8) is 0 Å². The molecule has 0 bridgehead atoms. The Hall–Kier alpha value is -0.670. The Morgan fingerprint density at radius 3 is 2.47 bits per heavy atom. The predicted molar refractivity (Wildman–Crippen MR) is 65.4 cm³/mol. The van der Waals surface area contributed by atoms with Gasteiger partial charge in [0.15, 0.2) is 0 Å². The van der Waals surface area contributed by atoms with Crippen LogP contribution in [-0.4, -0.2) is 18.4 Å². The number of thioether (sulfide) groups is 1. The molecule has 1 saturated heterocycles. The Balaban J connectivity index is 2.11. The van der Waals surface area contributed by atoms with Crippen molar-refractivity contribution in [3.8, 4) is 5.75 Å². The normalized spacial score (nSPS) is 24.1. The number of nitrogens with one attached hydrogen (secondary N) is 1. The molecule has 0 saturated carbocycles. The van der Waals surface area contributed by atoms with Crippen molar-refractivity contribution in [2.45, 2.75) is 24.0 Å². The molecule has 1 aliphatic heterocycles. The van der Waals surface area contributed by atoms with E-state index in [1.54, 1.807) is 7.11 Å². The first kappa shape index (κ1) is 10.8. The molecule has 1 N–H and O–H groups in total. The maximum absolute atomic E-state index is 5.15. The van der Waals surface area contributed by atoms with Crippen LogP contribution in [0, 0.1) is 0 Å². The van der Waals surface area contributed by atoms with E-state index in [-0.39, 0.29) is 0 Å². The minimum Gasteiger partial charge on any atom is -0.497 e. The molecule has 2 nitrogen and oxygen atoms in total. The zero-order chi connectivity index (χ0) is 10.9. The molecule has 0 aromatic heterocycles. The molecule has 1 aromatic rings. The molecule has 1 aromatic carbocycles. The summed E-state index contributed by atoms with van der Waals surface area (Å²) in [6.07, 6.45) is 0. The third-order valence-corrected chi connectivity index (χ3v) is 4.03. The molecular weight excluding hydrogens is 206 g/mol. The summed E-state index contributed by atoms with van der Waals surface area (Å²) >= 11 is 1.98. The Bertz CT molecular complexity index is 334. The van der Waals surface area contributed by atoms with Gasteiger partial charge >= 0.3 is 0 Å². The SMILES string of the molecule is COc1ccc(C2NCC(C)(C)S2)cc1. The number of benzene rings is 1. The van der Waals surface area contributed by atoms with Gasteiger partial charge in [0.05, 0.1) is 12.5 Å². The van der Waals surface area contributed by atoms with Crippen molar-refractivity contribution in [1.29, 1.82) is 0 Å². The van der Waals surface area contributed by atoms with E-state index in [4.69, 9.17) is 4.74 Å². The molecule has 1 heterocycles. The van der Waals surface area contributed by atoms with Gasteiger partial charge in [-0.3, -0.25) is 0 Å². The van der Waals surface area contributed by atoms with E-state index in [0.717, 1.165) is 12.3 Å². The summed E-state index contributed by atoms with van der Waals surface area (Å²) in [6.45, 7) is 5.61. The maximum Gasteiger partial charge on any atom is 0.118 e. The van der Waals surface area contributed by atoms with Gasteiger partial charge in [-0.1, -0.05) is 12.1 Å². The number of hydrogen-bond donors (Lipinski definition) is 1. The van der Waals surface area contributed by atoms with Crippen LogP contribution in [0.5, 0.6) is 5.75 Å². The quantitative estimate of drug-likeness (QED) is 0.833. The lowest BCUT2D eigenvalue weighted by Gasteiger charge is -2.15. The molecule has 1 fully saturated rings. The highest BCUT2D eigenvalue weighted by Crippen LogP contribution is 2.41. The molecule has 2 rings (SSSR count). The van der Waals surface area contributed by atoms with Gasteiger partial charge in [-0.2, -0.15) is 0 Å². The minimum absolute atomic E-state index is 0.338. The Kier molecular flexibility index (Phi) is 2.94.